The molecule has 1 rings (SSSR count). The van der Waals surface area contributed by atoms with Gasteiger partial charge in [-0.1, -0.05) is 19.9 Å². The molecule has 0 saturated heterocycles. The van der Waals surface area contributed by atoms with Gasteiger partial charge >= 0.3 is 0 Å². The van der Waals surface area contributed by atoms with Gasteiger partial charge in [-0.25, -0.2) is 0 Å². The van der Waals surface area contributed by atoms with Crippen LogP contribution in [0.5, 0.6) is 0 Å². The molecule has 1 amide bonds. The molecule has 0 aliphatic heterocycles. The second-order valence-corrected chi connectivity index (χ2v) is 5.20. The molecule has 0 radical (unpaired) electrons. The lowest BCUT2D eigenvalue weighted by molar-refractivity contribution is -0.122. The number of hydrogen-bond acceptors (Lipinski definition) is 4. The summed E-state index contributed by atoms with van der Waals surface area (Å²) in [5.41, 5.74) is 5.88. The van der Waals surface area contributed by atoms with Crippen molar-refractivity contribution in [2.24, 2.45) is 5.73 Å². The third-order valence-electron chi connectivity index (χ3n) is 2.85. The van der Waals surface area contributed by atoms with Gasteiger partial charge < -0.3 is 16.0 Å². The van der Waals surface area contributed by atoms with E-state index in [1.165, 1.54) is 11.3 Å². The van der Waals surface area contributed by atoms with Gasteiger partial charge in [0.05, 0.1) is 0 Å². The first kappa shape index (κ1) is 15.1. The largest absolute Gasteiger partial charge is 0.353 e. The van der Waals surface area contributed by atoms with Crippen LogP contribution in [0.1, 0.15) is 31.2 Å². The average Bonchev–Trinajstić information content (AvgIpc) is 2.90. The number of amides is 1. The summed E-state index contributed by atoms with van der Waals surface area (Å²) in [6, 6.07) is 3.27. The number of rotatable bonds is 8. The van der Waals surface area contributed by atoms with Crippen molar-refractivity contribution in [2.75, 3.05) is 26.2 Å². The summed E-state index contributed by atoms with van der Waals surface area (Å²) in [5.74, 6) is -0.0926. The van der Waals surface area contributed by atoms with Crippen LogP contribution in [-0.2, 0) is 4.79 Å². The van der Waals surface area contributed by atoms with Gasteiger partial charge in [0.1, 0.15) is 6.04 Å². The van der Waals surface area contributed by atoms with E-state index in [1.807, 2.05) is 17.5 Å². The Kier molecular flexibility index (Phi) is 6.93. The molecule has 0 spiro atoms. The fourth-order valence-electron chi connectivity index (χ4n) is 1.79. The molecule has 4 nitrogen and oxygen atoms in total. The zero-order chi connectivity index (χ0) is 13.4. The predicted molar refractivity (Wildman–Crippen MR) is 76.7 cm³/mol. The number of carbonyl (C=O) groups is 1. The second-order valence-electron chi connectivity index (χ2n) is 4.22. The van der Waals surface area contributed by atoms with Crippen molar-refractivity contribution in [1.29, 1.82) is 0 Å². The molecule has 3 N–H and O–H groups in total. The maximum Gasteiger partial charge on any atom is 0.242 e. The van der Waals surface area contributed by atoms with Crippen LogP contribution in [-0.4, -0.2) is 37.0 Å². The smallest absolute Gasteiger partial charge is 0.242 e. The Morgan fingerprint density at radius 3 is 2.83 bits per heavy atom. The summed E-state index contributed by atoms with van der Waals surface area (Å²) >= 11 is 1.52. The molecule has 1 atom stereocenters. The van der Waals surface area contributed by atoms with Crippen LogP contribution < -0.4 is 11.1 Å². The van der Waals surface area contributed by atoms with Crippen LogP contribution in [0.2, 0.25) is 0 Å². The van der Waals surface area contributed by atoms with Gasteiger partial charge in [0.15, 0.2) is 0 Å². The normalized spacial score (nSPS) is 12.7. The third-order valence-corrected chi connectivity index (χ3v) is 3.80. The van der Waals surface area contributed by atoms with Crippen LogP contribution >= 0.6 is 11.3 Å². The SMILES string of the molecule is CCCN(CC)CCNC(=O)C(N)c1cccs1. The van der Waals surface area contributed by atoms with Crippen molar-refractivity contribution >= 4 is 17.2 Å². The molecular formula is C13H23N3OS. The summed E-state index contributed by atoms with van der Waals surface area (Å²) in [4.78, 5) is 15.0. The topological polar surface area (TPSA) is 58.4 Å². The number of nitrogens with zero attached hydrogens (tertiary/aromatic N) is 1. The van der Waals surface area contributed by atoms with Gasteiger partial charge in [-0.3, -0.25) is 4.79 Å². The van der Waals surface area contributed by atoms with Gasteiger partial charge in [-0.15, -0.1) is 11.3 Å². The Bertz CT molecular complexity index is 340. The van der Waals surface area contributed by atoms with Crippen molar-refractivity contribution in [3.05, 3.63) is 22.4 Å². The highest BCUT2D eigenvalue weighted by Gasteiger charge is 2.16. The van der Waals surface area contributed by atoms with Crippen LogP contribution in [0, 0.1) is 0 Å². The van der Waals surface area contributed by atoms with E-state index >= 15 is 0 Å². The van der Waals surface area contributed by atoms with E-state index < -0.39 is 6.04 Å². The van der Waals surface area contributed by atoms with Gasteiger partial charge in [-0.2, -0.15) is 0 Å². The zero-order valence-corrected chi connectivity index (χ0v) is 12.0. The highest BCUT2D eigenvalue weighted by Crippen LogP contribution is 2.16. The molecule has 0 bridgehead atoms. The van der Waals surface area contributed by atoms with Crippen molar-refractivity contribution in [1.82, 2.24) is 10.2 Å². The molecule has 0 fully saturated rings. The first-order chi connectivity index (χ1) is 8.69. The van der Waals surface area contributed by atoms with Gasteiger partial charge in [-0.05, 0) is 31.0 Å². The monoisotopic (exact) mass is 269 g/mol. The molecule has 5 heteroatoms. The van der Waals surface area contributed by atoms with E-state index in [4.69, 9.17) is 5.73 Å². The minimum absolute atomic E-state index is 0.0926. The Hall–Kier alpha value is -0.910. The number of nitrogens with two attached hydrogens (primary N) is 1. The molecule has 1 aromatic heterocycles. The molecule has 0 saturated carbocycles. The van der Waals surface area contributed by atoms with Crippen LogP contribution in [0.4, 0.5) is 0 Å². The van der Waals surface area contributed by atoms with E-state index in [0.29, 0.717) is 6.54 Å². The third kappa shape index (κ3) is 4.76. The molecule has 1 unspecified atom stereocenters. The molecular weight excluding hydrogens is 246 g/mol. The summed E-state index contributed by atoms with van der Waals surface area (Å²) in [6.07, 6.45) is 1.14. The first-order valence-electron chi connectivity index (χ1n) is 6.48. The van der Waals surface area contributed by atoms with Crippen LogP contribution in [0.25, 0.3) is 0 Å². The summed E-state index contributed by atoms with van der Waals surface area (Å²) in [5, 5.41) is 4.83. The first-order valence-corrected chi connectivity index (χ1v) is 7.36. The van der Waals surface area contributed by atoms with Gasteiger partial charge in [0.25, 0.3) is 0 Å². The second kappa shape index (κ2) is 8.24. The molecule has 102 valence electrons. The number of carbonyl (C=O) groups excluding carboxylic acids is 1. The molecule has 0 aliphatic carbocycles. The Morgan fingerprint density at radius 1 is 1.50 bits per heavy atom. The van der Waals surface area contributed by atoms with E-state index in [9.17, 15) is 4.79 Å². The minimum atomic E-state index is -0.536. The van der Waals surface area contributed by atoms with Gasteiger partial charge in [0.2, 0.25) is 5.91 Å². The molecule has 18 heavy (non-hydrogen) atoms. The lowest BCUT2D eigenvalue weighted by atomic mass is 10.2. The van der Waals surface area contributed by atoms with E-state index in [0.717, 1.165) is 30.9 Å². The fourth-order valence-corrected chi connectivity index (χ4v) is 2.51. The molecule has 1 heterocycles. The maximum atomic E-state index is 11.8. The highest BCUT2D eigenvalue weighted by atomic mass is 32.1. The van der Waals surface area contributed by atoms with Crippen molar-refractivity contribution < 1.29 is 4.79 Å². The Balaban J connectivity index is 2.28. The summed E-state index contributed by atoms with van der Waals surface area (Å²) < 4.78 is 0. The lowest BCUT2D eigenvalue weighted by Gasteiger charge is -2.20. The van der Waals surface area contributed by atoms with E-state index in [2.05, 4.69) is 24.1 Å². The van der Waals surface area contributed by atoms with E-state index in [1.54, 1.807) is 0 Å². The number of thiophene rings is 1. The predicted octanol–water partition coefficient (Wildman–Crippen LogP) is 1.60. The minimum Gasteiger partial charge on any atom is -0.353 e. The number of likely N-dealkylation sites (N-methyl/N-ethyl adjacent to an activating group) is 1. The highest BCUT2D eigenvalue weighted by molar-refractivity contribution is 7.10. The molecule has 0 aromatic carbocycles. The van der Waals surface area contributed by atoms with Crippen molar-refractivity contribution in [2.45, 2.75) is 26.3 Å². The molecule has 0 aliphatic rings. The van der Waals surface area contributed by atoms with Gasteiger partial charge in [0, 0.05) is 18.0 Å². The van der Waals surface area contributed by atoms with Crippen LogP contribution in [0.3, 0.4) is 0 Å². The zero-order valence-electron chi connectivity index (χ0n) is 11.2. The number of nitrogens with one attached hydrogen (secondary N) is 1. The van der Waals surface area contributed by atoms with Crippen LogP contribution in [0.15, 0.2) is 17.5 Å². The van der Waals surface area contributed by atoms with Crippen molar-refractivity contribution in [3.8, 4) is 0 Å². The lowest BCUT2D eigenvalue weighted by Crippen LogP contribution is -2.39. The molecule has 1 aromatic rings. The van der Waals surface area contributed by atoms with Crippen molar-refractivity contribution in [3.63, 3.8) is 0 Å². The fraction of sp³-hybridized carbons (Fsp3) is 0.615. The summed E-state index contributed by atoms with van der Waals surface area (Å²) in [7, 11) is 0. The Morgan fingerprint density at radius 2 is 2.28 bits per heavy atom. The maximum absolute atomic E-state index is 11.8. The summed E-state index contributed by atoms with van der Waals surface area (Å²) in [6.45, 7) is 7.92. The Labute approximate surface area is 113 Å². The standard InChI is InChI=1S/C13H23N3OS/c1-3-8-16(4-2)9-7-15-13(17)12(14)11-6-5-10-18-11/h5-6,10,12H,3-4,7-9,14H2,1-2H3,(H,15,17). The van der Waals surface area contributed by atoms with E-state index in [-0.39, 0.29) is 5.91 Å². The number of hydrogen-bond donors (Lipinski definition) is 2. The quantitative estimate of drug-likeness (QED) is 0.753. The average molecular weight is 269 g/mol.